The first-order valence-corrected chi connectivity index (χ1v) is 9.95. The number of likely N-dealkylation sites (tertiary alicyclic amines) is 1. The second-order valence-corrected chi connectivity index (χ2v) is 8.26. The van der Waals surface area contributed by atoms with Gasteiger partial charge in [0.15, 0.2) is 0 Å². The number of amides is 2. The van der Waals surface area contributed by atoms with Gasteiger partial charge in [0.25, 0.3) is 10.0 Å². The van der Waals surface area contributed by atoms with Gasteiger partial charge in [-0.2, -0.15) is 0 Å². The van der Waals surface area contributed by atoms with Crippen molar-refractivity contribution in [2.45, 2.75) is 31.2 Å². The second kappa shape index (κ2) is 7.45. The number of urea groups is 1. The number of aryl methyl sites for hydroxylation is 1. The summed E-state index contributed by atoms with van der Waals surface area (Å²) < 4.78 is 41.1. The second-order valence-electron chi connectivity index (χ2n) is 6.39. The highest BCUT2D eigenvalue weighted by atomic mass is 32.2. The summed E-state index contributed by atoms with van der Waals surface area (Å²) in [6.45, 7) is 2.53. The Labute approximate surface area is 153 Å². The first-order valence-electron chi connectivity index (χ1n) is 8.51. The molecule has 1 fully saturated rings. The zero-order valence-corrected chi connectivity index (χ0v) is 15.4. The molecule has 1 saturated heterocycles. The van der Waals surface area contributed by atoms with Crippen molar-refractivity contribution in [2.24, 2.45) is 0 Å². The van der Waals surface area contributed by atoms with E-state index < -0.39 is 21.9 Å². The molecule has 2 aromatic carbocycles. The zero-order chi connectivity index (χ0) is 18.7. The minimum absolute atomic E-state index is 0.0204. The van der Waals surface area contributed by atoms with E-state index in [4.69, 9.17) is 0 Å². The molecule has 26 heavy (non-hydrogen) atoms. The molecule has 0 radical (unpaired) electrons. The van der Waals surface area contributed by atoms with Crippen LogP contribution in [0.1, 0.15) is 24.0 Å². The fourth-order valence-corrected chi connectivity index (χ4v) is 4.31. The van der Waals surface area contributed by atoms with E-state index in [1.54, 1.807) is 18.2 Å². The molecule has 1 aliphatic rings. The van der Waals surface area contributed by atoms with E-state index in [0.29, 0.717) is 13.1 Å². The van der Waals surface area contributed by atoms with Crippen molar-refractivity contribution in [1.82, 2.24) is 9.21 Å². The molecule has 0 saturated carbocycles. The molecule has 0 bridgehead atoms. The average Bonchev–Trinajstić information content (AvgIpc) is 3.15. The summed E-state index contributed by atoms with van der Waals surface area (Å²) in [5, 5.41) is 0. The van der Waals surface area contributed by atoms with Gasteiger partial charge < -0.3 is 4.90 Å². The molecule has 1 aliphatic heterocycles. The normalized spacial score (nSPS) is 14.5. The van der Waals surface area contributed by atoms with Gasteiger partial charge in [0.1, 0.15) is 5.82 Å². The molecule has 3 rings (SSSR count). The van der Waals surface area contributed by atoms with Gasteiger partial charge in [-0.25, -0.2) is 21.9 Å². The predicted octanol–water partition coefficient (Wildman–Crippen LogP) is 3.54. The molecule has 138 valence electrons. The van der Waals surface area contributed by atoms with Gasteiger partial charge >= 0.3 is 6.03 Å². The van der Waals surface area contributed by atoms with Crippen LogP contribution in [0.5, 0.6) is 0 Å². The van der Waals surface area contributed by atoms with Gasteiger partial charge in [-0.3, -0.25) is 0 Å². The standard InChI is InChI=1S/C19H21FN2O3S/c1-15-8-10-17(11-9-15)26(24,25)22(19(23)21-12-4-5-13-21)14-16-6-2-3-7-18(16)20/h2-3,6-11H,4-5,12-14H2,1H3. The summed E-state index contributed by atoms with van der Waals surface area (Å²) in [6.07, 6.45) is 1.67. The zero-order valence-electron chi connectivity index (χ0n) is 14.6. The van der Waals surface area contributed by atoms with Crippen molar-refractivity contribution >= 4 is 16.1 Å². The fourth-order valence-electron chi connectivity index (χ4n) is 2.94. The van der Waals surface area contributed by atoms with Crippen LogP contribution in [0.2, 0.25) is 0 Å². The van der Waals surface area contributed by atoms with Crippen molar-refractivity contribution in [1.29, 1.82) is 0 Å². The Kier molecular flexibility index (Phi) is 5.27. The summed E-state index contributed by atoms with van der Waals surface area (Å²) in [5.41, 5.74) is 1.08. The smallest absolute Gasteiger partial charge is 0.324 e. The Balaban J connectivity index is 2.00. The van der Waals surface area contributed by atoms with E-state index in [2.05, 4.69) is 0 Å². The lowest BCUT2D eigenvalue weighted by molar-refractivity contribution is 0.186. The largest absolute Gasteiger partial charge is 0.334 e. The quantitative estimate of drug-likeness (QED) is 0.820. The number of rotatable bonds is 4. The molecule has 0 N–H and O–H groups in total. The summed E-state index contributed by atoms with van der Waals surface area (Å²) in [6, 6.07) is 11.6. The number of hydrogen-bond acceptors (Lipinski definition) is 3. The molecule has 0 unspecified atom stereocenters. The summed E-state index contributed by atoms with van der Waals surface area (Å²) >= 11 is 0. The Morgan fingerprint density at radius 3 is 2.31 bits per heavy atom. The van der Waals surface area contributed by atoms with Crippen molar-refractivity contribution < 1.29 is 17.6 Å². The minimum atomic E-state index is -4.09. The lowest BCUT2D eigenvalue weighted by Crippen LogP contribution is -2.44. The summed E-state index contributed by atoms with van der Waals surface area (Å²) in [7, 11) is -4.09. The Hall–Kier alpha value is -2.41. The number of halogens is 1. The van der Waals surface area contributed by atoms with E-state index in [1.807, 2.05) is 6.92 Å². The molecule has 0 atom stereocenters. The van der Waals surface area contributed by atoms with Gasteiger partial charge in [-0.1, -0.05) is 35.9 Å². The summed E-state index contributed by atoms with van der Waals surface area (Å²) in [5.74, 6) is -0.536. The third-order valence-corrected chi connectivity index (χ3v) is 6.20. The highest BCUT2D eigenvalue weighted by Gasteiger charge is 2.34. The van der Waals surface area contributed by atoms with Crippen LogP contribution in [0.25, 0.3) is 0 Å². The molecule has 0 aromatic heterocycles. The molecule has 1 heterocycles. The number of nitrogens with zero attached hydrogens (tertiary/aromatic N) is 2. The Bertz CT molecular complexity index is 891. The van der Waals surface area contributed by atoms with Crippen molar-refractivity contribution in [2.75, 3.05) is 13.1 Å². The van der Waals surface area contributed by atoms with Crippen LogP contribution in [-0.2, 0) is 16.6 Å². The van der Waals surface area contributed by atoms with Crippen molar-refractivity contribution in [3.63, 3.8) is 0 Å². The monoisotopic (exact) mass is 376 g/mol. The molecule has 0 spiro atoms. The van der Waals surface area contributed by atoms with Crippen LogP contribution in [0, 0.1) is 12.7 Å². The first kappa shape index (κ1) is 18.4. The lowest BCUT2D eigenvalue weighted by atomic mass is 10.2. The third kappa shape index (κ3) is 3.72. The number of sulfonamides is 1. The van der Waals surface area contributed by atoms with Crippen LogP contribution >= 0.6 is 0 Å². The predicted molar refractivity (Wildman–Crippen MR) is 96.5 cm³/mol. The van der Waals surface area contributed by atoms with Crippen LogP contribution in [-0.4, -0.2) is 36.7 Å². The molecule has 2 amide bonds. The number of hydrogen-bond donors (Lipinski definition) is 0. The maximum absolute atomic E-state index is 14.1. The van der Waals surface area contributed by atoms with E-state index >= 15 is 0 Å². The van der Waals surface area contributed by atoms with Crippen LogP contribution < -0.4 is 0 Å². The van der Waals surface area contributed by atoms with Crippen molar-refractivity contribution in [3.8, 4) is 0 Å². The van der Waals surface area contributed by atoms with E-state index in [-0.39, 0.29) is 17.0 Å². The lowest BCUT2D eigenvalue weighted by Gasteiger charge is -2.27. The van der Waals surface area contributed by atoms with Crippen LogP contribution in [0.15, 0.2) is 53.4 Å². The maximum atomic E-state index is 14.1. The average molecular weight is 376 g/mol. The van der Waals surface area contributed by atoms with Crippen LogP contribution in [0.3, 0.4) is 0 Å². The minimum Gasteiger partial charge on any atom is -0.324 e. The topological polar surface area (TPSA) is 57.7 Å². The number of carbonyl (C=O) groups excluding carboxylic acids is 1. The van der Waals surface area contributed by atoms with Gasteiger partial charge in [0, 0.05) is 18.7 Å². The molecular weight excluding hydrogens is 355 g/mol. The highest BCUT2D eigenvalue weighted by Crippen LogP contribution is 2.23. The number of benzene rings is 2. The van der Waals surface area contributed by atoms with Gasteiger partial charge in [-0.05, 0) is 38.0 Å². The maximum Gasteiger partial charge on any atom is 0.334 e. The Morgan fingerprint density at radius 2 is 1.69 bits per heavy atom. The molecule has 2 aromatic rings. The molecular formula is C19H21FN2O3S. The fraction of sp³-hybridized carbons (Fsp3) is 0.316. The van der Waals surface area contributed by atoms with Crippen molar-refractivity contribution in [3.05, 3.63) is 65.5 Å². The molecule has 0 aliphatic carbocycles. The highest BCUT2D eigenvalue weighted by molar-refractivity contribution is 7.89. The first-order chi connectivity index (χ1) is 12.4. The van der Waals surface area contributed by atoms with Gasteiger partial charge in [0.05, 0.1) is 11.4 Å². The number of carbonyl (C=O) groups is 1. The van der Waals surface area contributed by atoms with E-state index in [1.165, 1.54) is 35.2 Å². The van der Waals surface area contributed by atoms with E-state index in [9.17, 15) is 17.6 Å². The molecule has 7 heteroatoms. The van der Waals surface area contributed by atoms with Crippen LogP contribution in [0.4, 0.5) is 9.18 Å². The third-order valence-electron chi connectivity index (χ3n) is 4.47. The Morgan fingerprint density at radius 1 is 1.08 bits per heavy atom. The molecule has 5 nitrogen and oxygen atoms in total. The van der Waals surface area contributed by atoms with Gasteiger partial charge in [0.2, 0.25) is 0 Å². The van der Waals surface area contributed by atoms with E-state index in [0.717, 1.165) is 22.7 Å². The van der Waals surface area contributed by atoms with Gasteiger partial charge in [-0.15, -0.1) is 0 Å². The SMILES string of the molecule is Cc1ccc(S(=O)(=O)N(Cc2ccccc2F)C(=O)N2CCCC2)cc1. The summed E-state index contributed by atoms with van der Waals surface area (Å²) in [4.78, 5) is 14.4.